The van der Waals surface area contributed by atoms with Crippen LogP contribution in [0, 0.1) is 5.82 Å². The molecule has 3 aromatic rings. The van der Waals surface area contributed by atoms with Crippen molar-refractivity contribution in [2.45, 2.75) is 52.7 Å². The van der Waals surface area contributed by atoms with E-state index in [9.17, 15) is 9.18 Å². The van der Waals surface area contributed by atoms with E-state index in [1.807, 2.05) is 73.3 Å². The zero-order chi connectivity index (χ0) is 26.8. The fraction of sp³-hybridized carbons (Fsp3) is 0.406. The standard InChI is InChI=1S/C18H21NO.C14H21FN2/c1-3-19(4-2)18(20)17-12-10-16(11-13-17)14-15-8-6-5-7-9-15;1-11-9-17(12(2)8-16(11)3)10-13-4-6-14(15)7-5-13/h5-13H,3-4,14H2,1-2H3;4-7,11-12H,8-10H2,1-3H3/t;11-,12+/m.0/s1. The van der Waals surface area contributed by atoms with E-state index in [0.29, 0.717) is 12.1 Å². The second-order valence-electron chi connectivity index (χ2n) is 10.0. The predicted octanol–water partition coefficient (Wildman–Crippen LogP) is 6.11. The number of rotatable bonds is 7. The number of amides is 1. The zero-order valence-corrected chi connectivity index (χ0v) is 23.0. The molecule has 0 spiro atoms. The van der Waals surface area contributed by atoms with Gasteiger partial charge in [-0.2, -0.15) is 0 Å². The van der Waals surface area contributed by atoms with Gasteiger partial charge < -0.3 is 9.80 Å². The number of likely N-dealkylation sites (N-methyl/N-ethyl adjacent to an activating group) is 1. The van der Waals surface area contributed by atoms with E-state index < -0.39 is 0 Å². The van der Waals surface area contributed by atoms with Crippen LogP contribution in [0.25, 0.3) is 0 Å². The maximum Gasteiger partial charge on any atom is 0.253 e. The van der Waals surface area contributed by atoms with Crippen LogP contribution in [0.2, 0.25) is 0 Å². The lowest BCUT2D eigenvalue weighted by atomic mass is 10.0. The fourth-order valence-corrected chi connectivity index (χ4v) is 4.71. The number of piperazine rings is 1. The summed E-state index contributed by atoms with van der Waals surface area (Å²) in [6, 6.07) is 26.3. The fourth-order valence-electron chi connectivity index (χ4n) is 4.71. The van der Waals surface area contributed by atoms with Gasteiger partial charge >= 0.3 is 0 Å². The van der Waals surface area contributed by atoms with Gasteiger partial charge in [0.25, 0.3) is 5.91 Å². The maximum absolute atomic E-state index is 12.8. The maximum atomic E-state index is 12.8. The average Bonchev–Trinajstić information content (AvgIpc) is 2.90. The van der Waals surface area contributed by atoms with Crippen LogP contribution < -0.4 is 0 Å². The molecule has 5 heteroatoms. The second kappa shape index (κ2) is 14.1. The lowest BCUT2D eigenvalue weighted by molar-refractivity contribution is 0.0545. The highest BCUT2D eigenvalue weighted by Gasteiger charge is 2.26. The molecule has 0 N–H and O–H groups in total. The average molecular weight is 504 g/mol. The molecule has 1 fully saturated rings. The van der Waals surface area contributed by atoms with Crippen LogP contribution >= 0.6 is 0 Å². The molecular formula is C32H42FN3O. The van der Waals surface area contributed by atoms with Crippen molar-refractivity contribution in [1.82, 2.24) is 14.7 Å². The minimum absolute atomic E-state index is 0.112. The van der Waals surface area contributed by atoms with E-state index in [4.69, 9.17) is 0 Å². The molecule has 37 heavy (non-hydrogen) atoms. The summed E-state index contributed by atoms with van der Waals surface area (Å²) in [7, 11) is 2.18. The number of benzene rings is 3. The summed E-state index contributed by atoms with van der Waals surface area (Å²) in [6.45, 7) is 13.1. The molecule has 0 unspecified atom stereocenters. The Bertz CT molecular complexity index is 1080. The summed E-state index contributed by atoms with van der Waals surface area (Å²) in [6.07, 6.45) is 0.903. The quantitative estimate of drug-likeness (QED) is 0.389. The molecular weight excluding hydrogens is 461 g/mol. The molecule has 0 saturated carbocycles. The number of hydrogen-bond acceptors (Lipinski definition) is 3. The van der Waals surface area contributed by atoms with Crippen molar-refractivity contribution in [3.05, 3.63) is 107 Å². The first-order valence-electron chi connectivity index (χ1n) is 13.4. The molecule has 0 radical (unpaired) electrons. The molecule has 1 saturated heterocycles. The van der Waals surface area contributed by atoms with E-state index >= 15 is 0 Å². The van der Waals surface area contributed by atoms with Crippen LogP contribution in [-0.2, 0) is 13.0 Å². The molecule has 0 aromatic heterocycles. The van der Waals surface area contributed by atoms with Gasteiger partial charge in [-0.15, -0.1) is 0 Å². The third-order valence-corrected chi connectivity index (χ3v) is 7.23. The van der Waals surface area contributed by atoms with Crippen LogP contribution in [0.3, 0.4) is 0 Å². The van der Waals surface area contributed by atoms with E-state index in [2.05, 4.69) is 42.8 Å². The molecule has 0 bridgehead atoms. The van der Waals surface area contributed by atoms with Gasteiger partial charge in [-0.05, 0) is 82.1 Å². The minimum atomic E-state index is -0.159. The lowest BCUT2D eigenvalue weighted by Gasteiger charge is -2.42. The third kappa shape index (κ3) is 8.51. The van der Waals surface area contributed by atoms with Gasteiger partial charge in [-0.3, -0.25) is 9.69 Å². The molecule has 198 valence electrons. The topological polar surface area (TPSA) is 26.8 Å². The Kier molecular flexibility index (Phi) is 10.8. The molecule has 4 nitrogen and oxygen atoms in total. The van der Waals surface area contributed by atoms with Gasteiger partial charge in [0.05, 0.1) is 0 Å². The highest BCUT2D eigenvalue weighted by atomic mass is 19.1. The molecule has 1 aliphatic heterocycles. The van der Waals surface area contributed by atoms with Gasteiger partial charge in [0.1, 0.15) is 5.82 Å². The number of halogens is 1. The Balaban J connectivity index is 0.000000208. The summed E-state index contributed by atoms with van der Waals surface area (Å²) in [5.74, 6) is -0.0465. The van der Waals surface area contributed by atoms with Crippen LogP contribution in [-0.4, -0.2) is 65.9 Å². The predicted molar refractivity (Wildman–Crippen MR) is 151 cm³/mol. The SMILES string of the molecule is CCN(CC)C(=O)c1ccc(Cc2ccccc2)cc1.C[C@@H]1CN(C)[C@@H](C)CN1Cc1ccc(F)cc1. The number of carbonyl (C=O) groups is 1. The molecule has 3 aromatic carbocycles. The van der Waals surface area contributed by atoms with Crippen molar-refractivity contribution in [1.29, 1.82) is 0 Å². The molecule has 1 heterocycles. The van der Waals surface area contributed by atoms with Gasteiger partial charge in [0.2, 0.25) is 0 Å². The molecule has 0 aliphatic carbocycles. The Hall–Kier alpha value is -3.02. The second-order valence-corrected chi connectivity index (χ2v) is 10.0. The smallest absolute Gasteiger partial charge is 0.253 e. The Morgan fingerprint density at radius 2 is 1.38 bits per heavy atom. The van der Waals surface area contributed by atoms with E-state index in [0.717, 1.165) is 44.7 Å². The Morgan fingerprint density at radius 1 is 0.811 bits per heavy atom. The first kappa shape index (κ1) is 28.5. The monoisotopic (exact) mass is 503 g/mol. The third-order valence-electron chi connectivity index (χ3n) is 7.23. The highest BCUT2D eigenvalue weighted by Crippen LogP contribution is 2.17. The Morgan fingerprint density at radius 3 is 1.97 bits per heavy atom. The summed E-state index contributed by atoms with van der Waals surface area (Å²) in [5.41, 5.74) is 4.48. The zero-order valence-electron chi connectivity index (χ0n) is 23.0. The van der Waals surface area contributed by atoms with Crippen LogP contribution in [0.5, 0.6) is 0 Å². The normalized spacial score (nSPS) is 18.1. The van der Waals surface area contributed by atoms with Crippen molar-refractivity contribution < 1.29 is 9.18 Å². The molecule has 2 atom stereocenters. The van der Waals surface area contributed by atoms with Gasteiger partial charge in [0.15, 0.2) is 0 Å². The van der Waals surface area contributed by atoms with E-state index in [1.165, 1.54) is 16.7 Å². The van der Waals surface area contributed by atoms with Crippen LogP contribution in [0.1, 0.15) is 54.7 Å². The van der Waals surface area contributed by atoms with Crippen molar-refractivity contribution in [3.63, 3.8) is 0 Å². The number of carbonyl (C=O) groups excluding carboxylic acids is 1. The molecule has 4 rings (SSSR count). The lowest BCUT2D eigenvalue weighted by Crippen LogP contribution is -2.54. The Labute approximate surface area is 222 Å². The van der Waals surface area contributed by atoms with Crippen LogP contribution in [0.15, 0.2) is 78.9 Å². The summed E-state index contributed by atoms with van der Waals surface area (Å²) in [4.78, 5) is 18.9. The minimum Gasteiger partial charge on any atom is -0.339 e. The summed E-state index contributed by atoms with van der Waals surface area (Å²) >= 11 is 0. The first-order chi connectivity index (χ1) is 17.8. The van der Waals surface area contributed by atoms with Crippen molar-refractivity contribution in [3.8, 4) is 0 Å². The van der Waals surface area contributed by atoms with Gasteiger partial charge in [0, 0.05) is 50.4 Å². The van der Waals surface area contributed by atoms with Gasteiger partial charge in [-0.1, -0.05) is 54.6 Å². The number of hydrogen-bond donors (Lipinski definition) is 0. The summed E-state index contributed by atoms with van der Waals surface area (Å²) < 4.78 is 12.8. The van der Waals surface area contributed by atoms with E-state index in [-0.39, 0.29) is 11.7 Å². The van der Waals surface area contributed by atoms with Gasteiger partial charge in [-0.25, -0.2) is 4.39 Å². The molecule has 1 amide bonds. The summed E-state index contributed by atoms with van der Waals surface area (Å²) in [5, 5.41) is 0. The van der Waals surface area contributed by atoms with E-state index in [1.54, 1.807) is 12.1 Å². The molecule has 1 aliphatic rings. The first-order valence-corrected chi connectivity index (χ1v) is 13.4. The van der Waals surface area contributed by atoms with Crippen molar-refractivity contribution in [2.24, 2.45) is 0 Å². The number of nitrogens with zero attached hydrogens (tertiary/aromatic N) is 3. The van der Waals surface area contributed by atoms with Crippen LogP contribution in [0.4, 0.5) is 4.39 Å². The largest absolute Gasteiger partial charge is 0.339 e. The van der Waals surface area contributed by atoms with Crippen molar-refractivity contribution in [2.75, 3.05) is 33.2 Å². The van der Waals surface area contributed by atoms with Crippen molar-refractivity contribution >= 4 is 5.91 Å². The highest BCUT2D eigenvalue weighted by molar-refractivity contribution is 5.94.